The van der Waals surface area contributed by atoms with E-state index < -0.39 is 0 Å². The molecule has 2 heterocycles. The number of rotatable bonds is 6. The van der Waals surface area contributed by atoms with E-state index in [0.717, 1.165) is 50.2 Å². The maximum atomic E-state index is 12.8. The van der Waals surface area contributed by atoms with Crippen LogP contribution in [0.1, 0.15) is 49.9 Å². The summed E-state index contributed by atoms with van der Waals surface area (Å²) in [4.78, 5) is 15.3. The number of hydrogen-bond acceptors (Lipinski definition) is 4. The Balaban J connectivity index is 1.61. The van der Waals surface area contributed by atoms with E-state index in [-0.39, 0.29) is 11.4 Å². The average Bonchev–Trinajstić information content (AvgIpc) is 3.25. The lowest BCUT2D eigenvalue weighted by molar-refractivity contribution is -0.133. The van der Waals surface area contributed by atoms with E-state index in [2.05, 4.69) is 20.4 Å². The van der Waals surface area contributed by atoms with Gasteiger partial charge in [-0.25, -0.2) is 0 Å². The van der Waals surface area contributed by atoms with Crippen LogP contribution in [0.3, 0.4) is 0 Å². The molecule has 2 N–H and O–H groups in total. The Morgan fingerprint density at radius 2 is 2.09 bits per heavy atom. The van der Waals surface area contributed by atoms with Crippen LogP contribution >= 0.6 is 0 Å². The zero-order valence-electron chi connectivity index (χ0n) is 13.4. The Morgan fingerprint density at radius 1 is 1.36 bits per heavy atom. The van der Waals surface area contributed by atoms with E-state index in [1.165, 1.54) is 12.8 Å². The van der Waals surface area contributed by atoms with Gasteiger partial charge >= 0.3 is 0 Å². The molecule has 1 aromatic rings. The van der Waals surface area contributed by atoms with Gasteiger partial charge in [-0.15, -0.1) is 0 Å². The third-order valence-corrected chi connectivity index (χ3v) is 4.98. The average molecular weight is 306 g/mol. The summed E-state index contributed by atoms with van der Waals surface area (Å²) in [6, 6.07) is 1.95. The minimum atomic E-state index is -0.258. The molecule has 6 nitrogen and oxygen atoms in total. The molecule has 0 atom stereocenters. The summed E-state index contributed by atoms with van der Waals surface area (Å²) < 4.78 is 5.06. The van der Waals surface area contributed by atoms with Crippen molar-refractivity contribution >= 4 is 5.91 Å². The number of carbonyl (C=O) groups excluding carboxylic acids is 1. The fourth-order valence-corrected chi connectivity index (χ4v) is 3.85. The fourth-order valence-electron chi connectivity index (χ4n) is 3.85. The summed E-state index contributed by atoms with van der Waals surface area (Å²) in [5.74, 6) is 0.190. The second-order valence-corrected chi connectivity index (χ2v) is 6.43. The fraction of sp³-hybridized carbons (Fsp3) is 0.750. The van der Waals surface area contributed by atoms with Crippen molar-refractivity contribution in [3.63, 3.8) is 0 Å². The van der Waals surface area contributed by atoms with Crippen LogP contribution in [0.4, 0.5) is 0 Å². The number of amides is 1. The van der Waals surface area contributed by atoms with Gasteiger partial charge in [0.25, 0.3) is 0 Å². The highest BCUT2D eigenvalue weighted by Crippen LogP contribution is 2.37. The molecule has 0 radical (unpaired) electrons. The van der Waals surface area contributed by atoms with E-state index in [1.807, 2.05) is 6.07 Å². The molecule has 1 saturated heterocycles. The molecule has 1 aliphatic heterocycles. The molecule has 0 spiro atoms. The Kier molecular flexibility index (Phi) is 4.78. The summed E-state index contributed by atoms with van der Waals surface area (Å²) in [6.07, 6.45) is 6.75. The van der Waals surface area contributed by atoms with E-state index in [4.69, 9.17) is 4.74 Å². The van der Waals surface area contributed by atoms with Crippen molar-refractivity contribution in [3.8, 4) is 0 Å². The molecular weight excluding hydrogens is 280 g/mol. The first-order valence-corrected chi connectivity index (χ1v) is 8.30. The number of methoxy groups -OCH3 is 1. The van der Waals surface area contributed by atoms with Crippen molar-refractivity contribution in [1.29, 1.82) is 0 Å². The number of H-pyrrole nitrogens is 1. The van der Waals surface area contributed by atoms with Gasteiger partial charge in [0.05, 0.1) is 24.5 Å². The third kappa shape index (κ3) is 3.03. The molecule has 22 heavy (non-hydrogen) atoms. The maximum absolute atomic E-state index is 12.8. The smallest absolute Gasteiger partial charge is 0.240 e. The van der Waals surface area contributed by atoms with Gasteiger partial charge in [0, 0.05) is 7.11 Å². The van der Waals surface area contributed by atoms with Crippen molar-refractivity contribution in [3.05, 3.63) is 17.5 Å². The van der Waals surface area contributed by atoms with Gasteiger partial charge in [-0.05, 0) is 44.8 Å². The first-order valence-electron chi connectivity index (χ1n) is 8.30. The topological polar surface area (TPSA) is 70.2 Å². The summed E-state index contributed by atoms with van der Waals surface area (Å²) in [5, 5.41) is 10.2. The molecule has 1 aliphatic carbocycles. The molecule has 122 valence electrons. The highest BCUT2D eigenvalue weighted by atomic mass is 16.5. The number of ether oxygens (including phenoxy) is 1. The zero-order chi connectivity index (χ0) is 15.4. The van der Waals surface area contributed by atoms with Crippen molar-refractivity contribution in [2.75, 3.05) is 20.2 Å². The lowest BCUT2D eigenvalue weighted by Gasteiger charge is -2.37. The predicted molar refractivity (Wildman–Crippen MR) is 83.2 cm³/mol. The number of nitrogens with one attached hydrogen (secondary N) is 2. The minimum absolute atomic E-state index is 0.190. The standard InChI is InChI=1S/C16H26N4O2/c1-22-12-14-10-13(18-19-14)11-17-15(21)16(6-2-3-7-16)20-8-4-5-9-20/h10H,2-9,11-12H2,1H3,(H,17,21)(H,18,19). The number of nitrogens with zero attached hydrogens (tertiary/aromatic N) is 2. The lowest BCUT2D eigenvalue weighted by atomic mass is 9.94. The van der Waals surface area contributed by atoms with Gasteiger partial charge < -0.3 is 10.1 Å². The molecule has 0 aromatic carbocycles. The molecule has 6 heteroatoms. The quantitative estimate of drug-likeness (QED) is 0.837. The predicted octanol–water partition coefficient (Wildman–Crippen LogP) is 1.58. The number of aromatic amines is 1. The van der Waals surface area contributed by atoms with Gasteiger partial charge in [-0.2, -0.15) is 5.10 Å². The van der Waals surface area contributed by atoms with Gasteiger partial charge in [-0.3, -0.25) is 14.8 Å². The van der Waals surface area contributed by atoms with Crippen LogP contribution < -0.4 is 5.32 Å². The van der Waals surface area contributed by atoms with Crippen LogP contribution in [0.25, 0.3) is 0 Å². The van der Waals surface area contributed by atoms with Crippen LogP contribution in [0.5, 0.6) is 0 Å². The number of hydrogen-bond donors (Lipinski definition) is 2. The SMILES string of the molecule is COCc1cc(CNC(=O)C2(N3CCCC3)CCCC2)[nH]n1. The molecule has 1 saturated carbocycles. The molecule has 2 aliphatic rings. The molecular formula is C16H26N4O2. The van der Waals surface area contributed by atoms with E-state index >= 15 is 0 Å². The highest BCUT2D eigenvalue weighted by molar-refractivity contribution is 5.86. The van der Waals surface area contributed by atoms with Gasteiger partial charge in [0.1, 0.15) is 5.54 Å². The minimum Gasteiger partial charge on any atom is -0.378 e. The summed E-state index contributed by atoms with van der Waals surface area (Å²) in [5.41, 5.74) is 1.53. The van der Waals surface area contributed by atoms with Gasteiger partial charge in [0.2, 0.25) is 5.91 Å². The van der Waals surface area contributed by atoms with E-state index in [1.54, 1.807) is 7.11 Å². The van der Waals surface area contributed by atoms with Gasteiger partial charge in [0.15, 0.2) is 0 Å². The van der Waals surface area contributed by atoms with Crippen molar-refractivity contribution < 1.29 is 9.53 Å². The third-order valence-electron chi connectivity index (χ3n) is 4.98. The number of aromatic nitrogens is 2. The number of carbonyl (C=O) groups is 1. The molecule has 3 rings (SSSR count). The van der Waals surface area contributed by atoms with Crippen LogP contribution in [0.15, 0.2) is 6.07 Å². The van der Waals surface area contributed by atoms with Crippen LogP contribution in [-0.4, -0.2) is 46.7 Å². The monoisotopic (exact) mass is 306 g/mol. The lowest BCUT2D eigenvalue weighted by Crippen LogP contribution is -2.56. The Labute approximate surface area is 131 Å². The molecule has 2 fully saturated rings. The van der Waals surface area contributed by atoms with Crippen LogP contribution in [-0.2, 0) is 22.7 Å². The molecule has 0 bridgehead atoms. The second-order valence-electron chi connectivity index (χ2n) is 6.43. The van der Waals surface area contributed by atoms with E-state index in [9.17, 15) is 4.79 Å². The van der Waals surface area contributed by atoms with Crippen molar-refractivity contribution in [2.45, 2.75) is 57.2 Å². The van der Waals surface area contributed by atoms with E-state index in [0.29, 0.717) is 13.2 Å². The normalized spacial score (nSPS) is 21.3. The van der Waals surface area contributed by atoms with Gasteiger partial charge in [-0.1, -0.05) is 12.8 Å². The maximum Gasteiger partial charge on any atom is 0.240 e. The van der Waals surface area contributed by atoms with Crippen molar-refractivity contribution in [1.82, 2.24) is 20.4 Å². The largest absolute Gasteiger partial charge is 0.378 e. The molecule has 1 amide bonds. The summed E-state index contributed by atoms with van der Waals surface area (Å²) in [6.45, 7) is 3.12. The first-order chi connectivity index (χ1) is 10.7. The second kappa shape index (κ2) is 6.79. The van der Waals surface area contributed by atoms with Crippen LogP contribution in [0, 0.1) is 0 Å². The van der Waals surface area contributed by atoms with Crippen molar-refractivity contribution in [2.24, 2.45) is 0 Å². The molecule has 1 aromatic heterocycles. The Hall–Kier alpha value is -1.40. The van der Waals surface area contributed by atoms with Crippen LogP contribution in [0.2, 0.25) is 0 Å². The zero-order valence-corrected chi connectivity index (χ0v) is 13.4. The number of likely N-dealkylation sites (tertiary alicyclic amines) is 1. The Morgan fingerprint density at radius 3 is 2.77 bits per heavy atom. The molecule has 0 unspecified atom stereocenters. The Bertz CT molecular complexity index is 502. The summed E-state index contributed by atoms with van der Waals surface area (Å²) >= 11 is 0. The highest BCUT2D eigenvalue weighted by Gasteiger charge is 2.46. The first kappa shape index (κ1) is 15.5. The summed E-state index contributed by atoms with van der Waals surface area (Å²) in [7, 11) is 1.65.